The monoisotopic (exact) mass is 245 g/mol. The molecule has 18 heavy (non-hydrogen) atoms. The number of nitrogens with one attached hydrogen (secondary N) is 2. The average molecular weight is 245 g/mol. The number of benzene rings is 1. The lowest BCUT2D eigenvalue weighted by Crippen LogP contribution is -2.38. The number of aromatic nitrogens is 2. The van der Waals surface area contributed by atoms with Crippen molar-refractivity contribution in [1.29, 1.82) is 0 Å². The molecule has 0 fully saturated rings. The predicted octanol–water partition coefficient (Wildman–Crippen LogP) is 1.34. The first-order valence-electron chi connectivity index (χ1n) is 5.99. The van der Waals surface area contributed by atoms with Crippen LogP contribution in [0.5, 0.6) is 11.5 Å². The maximum absolute atomic E-state index is 5.83. The molecule has 94 valence electrons. The van der Waals surface area contributed by atoms with E-state index in [1.807, 2.05) is 30.5 Å². The van der Waals surface area contributed by atoms with Gasteiger partial charge in [-0.25, -0.2) is 4.98 Å². The molecular weight excluding hydrogens is 230 g/mol. The van der Waals surface area contributed by atoms with Crippen LogP contribution in [0.25, 0.3) is 0 Å². The summed E-state index contributed by atoms with van der Waals surface area (Å²) in [7, 11) is 0. The minimum absolute atomic E-state index is 0.0369. The molecule has 1 atom stereocenters. The van der Waals surface area contributed by atoms with Gasteiger partial charge in [-0.3, -0.25) is 0 Å². The molecule has 2 heterocycles. The van der Waals surface area contributed by atoms with Crippen LogP contribution in [0.3, 0.4) is 0 Å². The number of para-hydroxylation sites is 2. The van der Waals surface area contributed by atoms with Gasteiger partial charge in [0.15, 0.2) is 11.5 Å². The summed E-state index contributed by atoms with van der Waals surface area (Å²) >= 11 is 0. The second kappa shape index (κ2) is 5.10. The van der Waals surface area contributed by atoms with Crippen molar-refractivity contribution >= 4 is 0 Å². The van der Waals surface area contributed by atoms with Crippen molar-refractivity contribution in [1.82, 2.24) is 15.3 Å². The Labute approximate surface area is 105 Å². The van der Waals surface area contributed by atoms with Crippen molar-refractivity contribution in [2.45, 2.75) is 12.6 Å². The molecule has 5 nitrogen and oxygen atoms in total. The van der Waals surface area contributed by atoms with E-state index >= 15 is 0 Å². The highest BCUT2D eigenvalue weighted by molar-refractivity contribution is 5.40. The zero-order chi connectivity index (χ0) is 12.2. The molecule has 1 unspecified atom stereocenters. The lowest BCUT2D eigenvalue weighted by Gasteiger charge is -2.26. The van der Waals surface area contributed by atoms with Crippen molar-refractivity contribution in [2.75, 3.05) is 13.2 Å². The highest BCUT2D eigenvalue weighted by Gasteiger charge is 2.19. The Hall–Kier alpha value is -2.01. The number of rotatable bonds is 4. The quantitative estimate of drug-likeness (QED) is 0.853. The second-order valence-electron chi connectivity index (χ2n) is 4.16. The Morgan fingerprint density at radius 2 is 2.22 bits per heavy atom. The lowest BCUT2D eigenvalue weighted by molar-refractivity contribution is 0.0901. The number of H-pyrrole nitrogens is 1. The molecular formula is C13H15N3O2. The van der Waals surface area contributed by atoms with Crippen molar-refractivity contribution in [2.24, 2.45) is 0 Å². The topological polar surface area (TPSA) is 59.2 Å². The maximum atomic E-state index is 5.83. The molecule has 2 aromatic rings. The first-order valence-corrected chi connectivity index (χ1v) is 5.99. The third kappa shape index (κ3) is 2.46. The van der Waals surface area contributed by atoms with E-state index in [0.717, 1.165) is 23.9 Å². The average Bonchev–Trinajstić information content (AvgIpc) is 2.92. The van der Waals surface area contributed by atoms with E-state index < -0.39 is 0 Å². The molecule has 0 aliphatic carbocycles. The van der Waals surface area contributed by atoms with Crippen LogP contribution >= 0.6 is 0 Å². The number of fused-ring (bicyclic) bond motifs is 1. The molecule has 5 heteroatoms. The van der Waals surface area contributed by atoms with E-state index in [2.05, 4.69) is 15.3 Å². The fourth-order valence-corrected chi connectivity index (χ4v) is 1.91. The van der Waals surface area contributed by atoms with E-state index in [1.54, 1.807) is 6.20 Å². The van der Waals surface area contributed by atoms with Crippen molar-refractivity contribution in [3.63, 3.8) is 0 Å². The van der Waals surface area contributed by atoms with Crippen molar-refractivity contribution in [3.05, 3.63) is 42.5 Å². The largest absolute Gasteiger partial charge is 0.486 e. The molecule has 0 saturated carbocycles. The number of aromatic amines is 1. The van der Waals surface area contributed by atoms with Crippen LogP contribution in [0.15, 0.2) is 36.7 Å². The number of hydrogen-bond donors (Lipinski definition) is 2. The van der Waals surface area contributed by atoms with Crippen LogP contribution in [0, 0.1) is 0 Å². The molecule has 0 amide bonds. The van der Waals surface area contributed by atoms with Gasteiger partial charge in [0.1, 0.15) is 18.5 Å². The van der Waals surface area contributed by atoms with Crippen molar-refractivity contribution in [3.8, 4) is 11.5 Å². The fraction of sp³-hybridized carbons (Fsp3) is 0.308. The first-order chi connectivity index (χ1) is 8.92. The molecule has 2 N–H and O–H groups in total. The highest BCUT2D eigenvalue weighted by atomic mass is 16.6. The van der Waals surface area contributed by atoms with Crippen LogP contribution in [0.1, 0.15) is 5.82 Å². The lowest BCUT2D eigenvalue weighted by atomic mass is 10.2. The van der Waals surface area contributed by atoms with Crippen LogP contribution in [-0.2, 0) is 6.54 Å². The molecule has 0 spiro atoms. The number of imidazole rings is 1. The molecule has 1 aliphatic heterocycles. The van der Waals surface area contributed by atoms with Gasteiger partial charge in [-0.1, -0.05) is 12.1 Å². The summed E-state index contributed by atoms with van der Waals surface area (Å²) in [5, 5.41) is 3.29. The van der Waals surface area contributed by atoms with Gasteiger partial charge in [-0.05, 0) is 12.1 Å². The normalized spacial score (nSPS) is 17.7. The van der Waals surface area contributed by atoms with Crippen LogP contribution in [0.2, 0.25) is 0 Å². The zero-order valence-electron chi connectivity index (χ0n) is 9.93. The second-order valence-corrected chi connectivity index (χ2v) is 4.16. The van der Waals surface area contributed by atoms with Gasteiger partial charge in [0.05, 0.1) is 6.54 Å². The summed E-state index contributed by atoms with van der Waals surface area (Å²) in [6.07, 6.45) is 3.59. The van der Waals surface area contributed by atoms with E-state index in [9.17, 15) is 0 Å². The standard InChI is InChI=1S/C13H15N3O2/c1-2-4-12-11(3-1)17-9-10(18-12)7-14-8-13-15-5-6-16-13/h1-6,10,14H,7-9H2,(H,15,16). The third-order valence-electron chi connectivity index (χ3n) is 2.79. The van der Waals surface area contributed by atoms with Crippen molar-refractivity contribution < 1.29 is 9.47 Å². The van der Waals surface area contributed by atoms with Gasteiger partial charge in [-0.15, -0.1) is 0 Å². The fourth-order valence-electron chi connectivity index (χ4n) is 1.91. The Bertz CT molecular complexity index is 499. The number of ether oxygens (including phenoxy) is 2. The summed E-state index contributed by atoms with van der Waals surface area (Å²) in [5.74, 6) is 2.56. The predicted molar refractivity (Wildman–Crippen MR) is 66.6 cm³/mol. The molecule has 3 rings (SSSR count). The van der Waals surface area contributed by atoms with Crippen LogP contribution in [-0.4, -0.2) is 29.2 Å². The minimum Gasteiger partial charge on any atom is -0.486 e. The van der Waals surface area contributed by atoms with Crippen LogP contribution < -0.4 is 14.8 Å². The van der Waals surface area contributed by atoms with E-state index in [0.29, 0.717) is 13.2 Å². The maximum Gasteiger partial charge on any atom is 0.161 e. The first kappa shape index (κ1) is 11.1. The Morgan fingerprint density at radius 3 is 3.06 bits per heavy atom. The highest BCUT2D eigenvalue weighted by Crippen LogP contribution is 2.30. The Kier molecular flexibility index (Phi) is 3.14. The molecule has 1 aliphatic rings. The molecule has 0 saturated heterocycles. The number of nitrogens with zero attached hydrogens (tertiary/aromatic N) is 1. The Balaban J connectivity index is 1.51. The van der Waals surface area contributed by atoms with Gasteiger partial charge < -0.3 is 19.8 Å². The number of hydrogen-bond acceptors (Lipinski definition) is 4. The summed E-state index contributed by atoms with van der Waals surface area (Å²) in [4.78, 5) is 7.19. The smallest absolute Gasteiger partial charge is 0.161 e. The zero-order valence-corrected chi connectivity index (χ0v) is 9.93. The third-order valence-corrected chi connectivity index (χ3v) is 2.79. The van der Waals surface area contributed by atoms with Crippen LogP contribution in [0.4, 0.5) is 0 Å². The summed E-state index contributed by atoms with van der Waals surface area (Å²) in [6.45, 7) is 2.01. The van der Waals surface area contributed by atoms with Gasteiger partial charge in [0.25, 0.3) is 0 Å². The summed E-state index contributed by atoms with van der Waals surface area (Å²) in [6, 6.07) is 7.73. The van der Waals surface area contributed by atoms with Gasteiger partial charge in [-0.2, -0.15) is 0 Å². The van der Waals surface area contributed by atoms with Gasteiger partial charge in [0, 0.05) is 18.9 Å². The molecule has 0 radical (unpaired) electrons. The molecule has 0 bridgehead atoms. The van der Waals surface area contributed by atoms with E-state index in [-0.39, 0.29) is 6.10 Å². The summed E-state index contributed by atoms with van der Waals surface area (Å²) in [5.41, 5.74) is 0. The summed E-state index contributed by atoms with van der Waals surface area (Å²) < 4.78 is 11.5. The van der Waals surface area contributed by atoms with Gasteiger partial charge >= 0.3 is 0 Å². The Morgan fingerprint density at radius 1 is 1.33 bits per heavy atom. The van der Waals surface area contributed by atoms with E-state index in [1.165, 1.54) is 0 Å². The SMILES string of the molecule is c1ccc2c(c1)OCC(CNCc1ncc[nH]1)O2. The molecule has 1 aromatic heterocycles. The minimum atomic E-state index is 0.0369. The molecule has 1 aromatic carbocycles. The van der Waals surface area contributed by atoms with Gasteiger partial charge in [0.2, 0.25) is 0 Å². The van der Waals surface area contributed by atoms with E-state index in [4.69, 9.17) is 9.47 Å².